The van der Waals surface area contributed by atoms with Crippen molar-refractivity contribution in [2.45, 2.75) is 18.0 Å². The Morgan fingerprint density at radius 1 is 0.840 bits per heavy atom. The Morgan fingerprint density at radius 2 is 1.32 bits per heavy atom. The van der Waals surface area contributed by atoms with Gasteiger partial charge in [0.15, 0.2) is 6.29 Å². The molecule has 2 aromatic rings. The molecule has 0 saturated carbocycles. The molecule has 6 heteroatoms. The predicted octanol–water partition coefficient (Wildman–Crippen LogP) is 2.56. The van der Waals surface area contributed by atoms with Crippen molar-refractivity contribution in [1.82, 2.24) is 0 Å². The summed E-state index contributed by atoms with van der Waals surface area (Å²) in [6, 6.07) is 18.0. The maximum Gasteiger partial charge on any atom is 0.353 e. The highest BCUT2D eigenvalue weighted by Gasteiger charge is 2.64. The lowest BCUT2D eigenvalue weighted by Gasteiger charge is -2.27. The summed E-state index contributed by atoms with van der Waals surface area (Å²) in [5, 5.41) is 0. The van der Waals surface area contributed by atoms with Crippen LogP contribution in [0.3, 0.4) is 0 Å². The Morgan fingerprint density at radius 3 is 1.80 bits per heavy atom. The minimum atomic E-state index is -2.04. The Kier molecular flexibility index (Phi) is 4.83. The van der Waals surface area contributed by atoms with E-state index >= 15 is 0 Å². The van der Waals surface area contributed by atoms with E-state index in [1.807, 2.05) is 24.3 Å². The summed E-state index contributed by atoms with van der Waals surface area (Å²) in [6.07, 6.45) is -1.91. The Labute approximate surface area is 145 Å². The number of carbonyl (C=O) groups excluding carboxylic acids is 2. The standard InChI is InChI=1S/C19H18O6/c1-22-17(20)19(18(21)23-2)15(13-9-5-3-6-10-13)24-16(25-19)14-11-7-4-8-12-14/h3-12,15-16H,1-2H3/t15-,16+/m1/s1. The lowest BCUT2D eigenvalue weighted by Crippen LogP contribution is -2.52. The summed E-state index contributed by atoms with van der Waals surface area (Å²) >= 11 is 0. The van der Waals surface area contributed by atoms with Crippen molar-refractivity contribution >= 4 is 11.9 Å². The number of ether oxygens (including phenoxy) is 4. The molecule has 0 spiro atoms. The van der Waals surface area contributed by atoms with Gasteiger partial charge in [-0.2, -0.15) is 0 Å². The third kappa shape index (κ3) is 2.90. The molecule has 2 aromatic carbocycles. The van der Waals surface area contributed by atoms with E-state index in [-0.39, 0.29) is 0 Å². The van der Waals surface area contributed by atoms with Crippen LogP contribution >= 0.6 is 0 Å². The molecule has 1 aliphatic heterocycles. The van der Waals surface area contributed by atoms with Crippen molar-refractivity contribution in [2.75, 3.05) is 14.2 Å². The van der Waals surface area contributed by atoms with Gasteiger partial charge in [0, 0.05) is 5.56 Å². The molecule has 0 aliphatic carbocycles. The molecule has 3 rings (SSSR count). The Hall–Kier alpha value is -2.70. The first-order valence-corrected chi connectivity index (χ1v) is 7.73. The van der Waals surface area contributed by atoms with E-state index < -0.39 is 29.9 Å². The molecule has 1 saturated heterocycles. The van der Waals surface area contributed by atoms with Gasteiger partial charge in [-0.1, -0.05) is 60.7 Å². The molecule has 1 fully saturated rings. The first kappa shape index (κ1) is 17.1. The number of rotatable bonds is 4. The van der Waals surface area contributed by atoms with Crippen LogP contribution in [-0.2, 0) is 28.5 Å². The molecular weight excluding hydrogens is 324 g/mol. The van der Waals surface area contributed by atoms with Crippen LogP contribution in [0.15, 0.2) is 60.7 Å². The number of esters is 2. The van der Waals surface area contributed by atoms with E-state index in [0.29, 0.717) is 11.1 Å². The molecule has 0 amide bonds. The van der Waals surface area contributed by atoms with Gasteiger partial charge in [-0.05, 0) is 5.56 Å². The van der Waals surface area contributed by atoms with Gasteiger partial charge in [0.05, 0.1) is 14.2 Å². The fourth-order valence-electron chi connectivity index (χ4n) is 2.87. The summed E-state index contributed by atoms with van der Waals surface area (Å²) in [5.74, 6) is -1.74. The van der Waals surface area contributed by atoms with E-state index in [2.05, 4.69) is 0 Å². The summed E-state index contributed by atoms with van der Waals surface area (Å²) in [5.41, 5.74) is -0.749. The van der Waals surface area contributed by atoms with E-state index in [1.54, 1.807) is 36.4 Å². The Bertz CT molecular complexity index is 727. The van der Waals surface area contributed by atoms with Gasteiger partial charge in [0.1, 0.15) is 6.10 Å². The van der Waals surface area contributed by atoms with Crippen molar-refractivity contribution in [3.63, 3.8) is 0 Å². The highest BCUT2D eigenvalue weighted by molar-refractivity contribution is 6.05. The van der Waals surface area contributed by atoms with E-state index in [9.17, 15) is 9.59 Å². The van der Waals surface area contributed by atoms with Gasteiger partial charge < -0.3 is 18.9 Å². The highest BCUT2D eigenvalue weighted by atomic mass is 16.8. The van der Waals surface area contributed by atoms with Gasteiger partial charge in [0.2, 0.25) is 0 Å². The fourth-order valence-corrected chi connectivity index (χ4v) is 2.87. The summed E-state index contributed by atoms with van der Waals surface area (Å²) in [6.45, 7) is 0. The van der Waals surface area contributed by atoms with E-state index in [0.717, 1.165) is 0 Å². The third-order valence-electron chi connectivity index (χ3n) is 4.07. The van der Waals surface area contributed by atoms with Gasteiger partial charge in [-0.3, -0.25) is 0 Å². The summed E-state index contributed by atoms with van der Waals surface area (Å²) in [4.78, 5) is 25.1. The van der Waals surface area contributed by atoms with Crippen LogP contribution in [0.1, 0.15) is 23.5 Å². The number of hydrogen-bond donors (Lipinski definition) is 0. The van der Waals surface area contributed by atoms with Crippen LogP contribution in [0.25, 0.3) is 0 Å². The Balaban J connectivity index is 2.10. The van der Waals surface area contributed by atoms with Crippen LogP contribution in [0.4, 0.5) is 0 Å². The zero-order chi connectivity index (χ0) is 17.9. The highest BCUT2D eigenvalue weighted by Crippen LogP contribution is 2.48. The average Bonchev–Trinajstić information content (AvgIpc) is 3.10. The molecule has 0 N–H and O–H groups in total. The zero-order valence-corrected chi connectivity index (χ0v) is 13.9. The van der Waals surface area contributed by atoms with Crippen LogP contribution < -0.4 is 0 Å². The normalized spacial score (nSPS) is 21.5. The second kappa shape index (κ2) is 7.04. The quantitative estimate of drug-likeness (QED) is 0.628. The van der Waals surface area contributed by atoms with Gasteiger partial charge >= 0.3 is 11.9 Å². The minimum Gasteiger partial charge on any atom is -0.466 e. The maximum atomic E-state index is 12.6. The summed E-state index contributed by atoms with van der Waals surface area (Å²) < 4.78 is 21.5. The average molecular weight is 342 g/mol. The van der Waals surface area contributed by atoms with Crippen LogP contribution in [0.2, 0.25) is 0 Å². The third-order valence-corrected chi connectivity index (χ3v) is 4.07. The van der Waals surface area contributed by atoms with Crippen LogP contribution in [0.5, 0.6) is 0 Å². The molecule has 0 aromatic heterocycles. The first-order chi connectivity index (χ1) is 12.1. The first-order valence-electron chi connectivity index (χ1n) is 7.73. The molecule has 130 valence electrons. The number of hydrogen-bond acceptors (Lipinski definition) is 6. The molecule has 6 nitrogen and oxygen atoms in total. The second-order valence-electron chi connectivity index (χ2n) is 5.51. The van der Waals surface area contributed by atoms with Crippen molar-refractivity contribution in [1.29, 1.82) is 0 Å². The second-order valence-corrected chi connectivity index (χ2v) is 5.51. The summed E-state index contributed by atoms with van der Waals surface area (Å²) in [7, 11) is 2.38. The monoisotopic (exact) mass is 342 g/mol. The minimum absolute atomic E-state index is 0.608. The predicted molar refractivity (Wildman–Crippen MR) is 87.3 cm³/mol. The zero-order valence-electron chi connectivity index (χ0n) is 13.9. The molecule has 25 heavy (non-hydrogen) atoms. The number of methoxy groups -OCH3 is 2. The van der Waals surface area contributed by atoms with Gasteiger partial charge in [-0.15, -0.1) is 0 Å². The maximum absolute atomic E-state index is 12.6. The van der Waals surface area contributed by atoms with Gasteiger partial charge in [0.25, 0.3) is 5.60 Å². The fraction of sp³-hybridized carbons (Fsp3) is 0.263. The van der Waals surface area contributed by atoms with Crippen molar-refractivity contribution in [3.05, 3.63) is 71.8 Å². The number of benzene rings is 2. The van der Waals surface area contributed by atoms with Crippen molar-refractivity contribution in [2.24, 2.45) is 0 Å². The molecule has 1 heterocycles. The van der Waals surface area contributed by atoms with Crippen molar-refractivity contribution < 1.29 is 28.5 Å². The molecule has 0 radical (unpaired) electrons. The molecule has 0 unspecified atom stereocenters. The number of carbonyl (C=O) groups is 2. The molecule has 0 bridgehead atoms. The molecule has 1 aliphatic rings. The van der Waals surface area contributed by atoms with Crippen molar-refractivity contribution in [3.8, 4) is 0 Å². The smallest absolute Gasteiger partial charge is 0.353 e. The van der Waals surface area contributed by atoms with Crippen LogP contribution in [-0.4, -0.2) is 31.8 Å². The lowest BCUT2D eigenvalue weighted by molar-refractivity contribution is -0.188. The molecular formula is C19H18O6. The SMILES string of the molecule is COC(=O)C1(C(=O)OC)O[C@@H](c2ccccc2)O[C@@H]1c1ccccc1. The largest absolute Gasteiger partial charge is 0.466 e. The van der Waals surface area contributed by atoms with E-state index in [4.69, 9.17) is 18.9 Å². The van der Waals surface area contributed by atoms with Gasteiger partial charge in [-0.25, -0.2) is 9.59 Å². The van der Waals surface area contributed by atoms with E-state index in [1.165, 1.54) is 14.2 Å². The topological polar surface area (TPSA) is 71.1 Å². The lowest BCUT2D eigenvalue weighted by atomic mass is 9.91. The molecule has 2 atom stereocenters. The van der Waals surface area contributed by atoms with Crippen LogP contribution in [0, 0.1) is 0 Å².